The van der Waals surface area contributed by atoms with Crippen molar-refractivity contribution in [1.82, 2.24) is 5.32 Å². The molecule has 114 valence electrons. The van der Waals surface area contributed by atoms with Gasteiger partial charge in [-0.25, -0.2) is 4.99 Å². The molecule has 2 rings (SSSR count). The molecule has 2 aromatic rings. The van der Waals surface area contributed by atoms with E-state index in [0.29, 0.717) is 12.5 Å². The molecular weight excluding hydrogens is 393 g/mol. The third kappa shape index (κ3) is 6.05. The number of hydrogen-bond acceptors (Lipinski definition) is 2. The minimum atomic E-state index is 0. The molecule has 0 unspecified atom stereocenters. The van der Waals surface area contributed by atoms with E-state index in [1.54, 1.807) is 11.3 Å². The van der Waals surface area contributed by atoms with Gasteiger partial charge in [-0.05, 0) is 35.4 Å². The molecule has 5 heteroatoms. The number of thiophene rings is 1. The number of nitrogens with zero attached hydrogens (tertiary/aromatic N) is 1. The standard InChI is InChI=1S/C16H21N3S.HI/c1-2-13-6-3-4-7-14(13)12-19-16(17)18-10-9-15-8-5-11-20-15;/h3-8,11H,2,9-10,12H2,1H3,(H3,17,18,19);1H. The van der Waals surface area contributed by atoms with E-state index >= 15 is 0 Å². The summed E-state index contributed by atoms with van der Waals surface area (Å²) in [4.78, 5) is 5.77. The Morgan fingerprint density at radius 2 is 1.95 bits per heavy atom. The Kier molecular flexibility index (Phi) is 8.37. The van der Waals surface area contributed by atoms with Gasteiger partial charge in [0, 0.05) is 11.4 Å². The van der Waals surface area contributed by atoms with Gasteiger partial charge < -0.3 is 11.1 Å². The lowest BCUT2D eigenvalue weighted by Crippen LogP contribution is -2.33. The zero-order chi connectivity index (χ0) is 14.2. The lowest BCUT2D eigenvalue weighted by molar-refractivity contribution is 0.855. The summed E-state index contributed by atoms with van der Waals surface area (Å²) < 4.78 is 0. The van der Waals surface area contributed by atoms with Gasteiger partial charge in [-0.15, -0.1) is 35.3 Å². The number of benzene rings is 1. The number of nitrogens with two attached hydrogens (primary N) is 1. The lowest BCUT2D eigenvalue weighted by atomic mass is 10.1. The van der Waals surface area contributed by atoms with Crippen LogP contribution in [0.25, 0.3) is 0 Å². The fourth-order valence-corrected chi connectivity index (χ4v) is 2.76. The first-order valence-corrected chi connectivity index (χ1v) is 7.80. The molecule has 0 aliphatic rings. The Hall–Kier alpha value is -1.08. The Labute approximate surface area is 147 Å². The Morgan fingerprint density at radius 1 is 1.19 bits per heavy atom. The van der Waals surface area contributed by atoms with Crippen LogP contribution in [-0.4, -0.2) is 12.5 Å². The maximum absolute atomic E-state index is 5.89. The summed E-state index contributed by atoms with van der Waals surface area (Å²) in [5.41, 5.74) is 8.48. The van der Waals surface area contributed by atoms with Crippen molar-refractivity contribution in [1.29, 1.82) is 0 Å². The van der Waals surface area contributed by atoms with Gasteiger partial charge in [-0.3, -0.25) is 0 Å². The molecule has 0 aliphatic carbocycles. The highest BCUT2D eigenvalue weighted by Gasteiger charge is 1.99. The highest BCUT2D eigenvalue weighted by Crippen LogP contribution is 2.10. The van der Waals surface area contributed by atoms with Crippen molar-refractivity contribution in [3.63, 3.8) is 0 Å². The van der Waals surface area contributed by atoms with E-state index in [9.17, 15) is 0 Å². The molecule has 0 amide bonds. The first-order valence-electron chi connectivity index (χ1n) is 6.92. The van der Waals surface area contributed by atoms with Crippen LogP contribution in [0.3, 0.4) is 0 Å². The largest absolute Gasteiger partial charge is 0.370 e. The fraction of sp³-hybridized carbons (Fsp3) is 0.312. The number of aryl methyl sites for hydroxylation is 1. The summed E-state index contributed by atoms with van der Waals surface area (Å²) in [5, 5.41) is 5.25. The number of nitrogens with one attached hydrogen (secondary N) is 1. The molecule has 0 saturated carbocycles. The van der Waals surface area contributed by atoms with Crippen molar-refractivity contribution in [3.8, 4) is 0 Å². The highest BCUT2D eigenvalue weighted by molar-refractivity contribution is 14.0. The van der Waals surface area contributed by atoms with Crippen molar-refractivity contribution < 1.29 is 0 Å². The molecule has 21 heavy (non-hydrogen) atoms. The van der Waals surface area contributed by atoms with Crippen LogP contribution in [0.15, 0.2) is 46.8 Å². The minimum absolute atomic E-state index is 0. The number of guanidine groups is 1. The zero-order valence-corrected chi connectivity index (χ0v) is 15.4. The van der Waals surface area contributed by atoms with Gasteiger partial charge in [0.2, 0.25) is 0 Å². The van der Waals surface area contributed by atoms with Crippen LogP contribution in [0.5, 0.6) is 0 Å². The molecule has 0 fully saturated rings. The van der Waals surface area contributed by atoms with Crippen molar-refractivity contribution in [2.24, 2.45) is 10.7 Å². The third-order valence-electron chi connectivity index (χ3n) is 3.18. The van der Waals surface area contributed by atoms with Gasteiger partial charge in [0.25, 0.3) is 0 Å². The Morgan fingerprint density at radius 3 is 2.62 bits per heavy atom. The molecule has 1 aromatic carbocycles. The SMILES string of the molecule is CCc1ccccc1CN=C(N)NCCc1cccs1.I. The van der Waals surface area contributed by atoms with Gasteiger partial charge in [0.05, 0.1) is 6.54 Å². The van der Waals surface area contributed by atoms with Crippen molar-refractivity contribution >= 4 is 41.3 Å². The molecule has 0 radical (unpaired) electrons. The second-order valence-electron chi connectivity index (χ2n) is 4.58. The summed E-state index contributed by atoms with van der Waals surface area (Å²) in [7, 11) is 0. The number of hydrogen-bond donors (Lipinski definition) is 2. The molecule has 1 heterocycles. The van der Waals surface area contributed by atoms with E-state index in [2.05, 4.69) is 52.9 Å². The number of halogens is 1. The normalized spacial score (nSPS) is 11.0. The number of aliphatic imine (C=N–C) groups is 1. The first-order chi connectivity index (χ1) is 9.79. The first kappa shape index (κ1) is 18.0. The summed E-state index contributed by atoms with van der Waals surface area (Å²) in [5.74, 6) is 0.521. The molecule has 0 spiro atoms. The average molecular weight is 415 g/mol. The maximum Gasteiger partial charge on any atom is 0.188 e. The summed E-state index contributed by atoms with van der Waals surface area (Å²) in [6, 6.07) is 12.6. The zero-order valence-electron chi connectivity index (χ0n) is 12.2. The summed E-state index contributed by atoms with van der Waals surface area (Å²) in [6.45, 7) is 3.62. The van der Waals surface area contributed by atoms with Crippen molar-refractivity contribution in [2.45, 2.75) is 26.3 Å². The van der Waals surface area contributed by atoms with Crippen LogP contribution in [0, 0.1) is 0 Å². The third-order valence-corrected chi connectivity index (χ3v) is 4.11. The van der Waals surface area contributed by atoms with Crippen LogP contribution >= 0.6 is 35.3 Å². The maximum atomic E-state index is 5.89. The predicted molar refractivity (Wildman–Crippen MR) is 103 cm³/mol. The second-order valence-corrected chi connectivity index (χ2v) is 5.61. The molecule has 1 aromatic heterocycles. The monoisotopic (exact) mass is 415 g/mol. The summed E-state index contributed by atoms with van der Waals surface area (Å²) in [6.07, 6.45) is 2.01. The molecule has 0 aliphatic heterocycles. The quantitative estimate of drug-likeness (QED) is 0.431. The Balaban J connectivity index is 0.00000220. The average Bonchev–Trinajstić information content (AvgIpc) is 2.98. The smallest absolute Gasteiger partial charge is 0.188 e. The second kappa shape index (κ2) is 9.78. The van der Waals surface area contributed by atoms with Gasteiger partial charge in [0.1, 0.15) is 0 Å². The van der Waals surface area contributed by atoms with Gasteiger partial charge >= 0.3 is 0 Å². The van der Waals surface area contributed by atoms with Crippen LogP contribution in [0.1, 0.15) is 22.9 Å². The van der Waals surface area contributed by atoms with Gasteiger partial charge in [0.15, 0.2) is 5.96 Å². The fourth-order valence-electron chi connectivity index (χ4n) is 2.05. The molecule has 0 atom stereocenters. The van der Waals surface area contributed by atoms with Crippen molar-refractivity contribution in [2.75, 3.05) is 6.54 Å². The van der Waals surface area contributed by atoms with E-state index in [1.807, 2.05) is 6.07 Å². The van der Waals surface area contributed by atoms with Crippen LogP contribution < -0.4 is 11.1 Å². The highest BCUT2D eigenvalue weighted by atomic mass is 127. The van der Waals surface area contributed by atoms with E-state index in [1.165, 1.54) is 16.0 Å². The number of rotatable bonds is 6. The molecule has 0 saturated heterocycles. The van der Waals surface area contributed by atoms with Crippen molar-refractivity contribution in [3.05, 3.63) is 57.8 Å². The van der Waals surface area contributed by atoms with Gasteiger partial charge in [-0.2, -0.15) is 0 Å². The molecule has 0 bridgehead atoms. The van der Waals surface area contributed by atoms with E-state index < -0.39 is 0 Å². The van der Waals surface area contributed by atoms with Crippen LogP contribution in [-0.2, 0) is 19.4 Å². The molecule has 3 nitrogen and oxygen atoms in total. The van der Waals surface area contributed by atoms with E-state index in [4.69, 9.17) is 5.73 Å². The van der Waals surface area contributed by atoms with E-state index in [-0.39, 0.29) is 24.0 Å². The predicted octanol–water partition coefficient (Wildman–Crippen LogP) is 3.58. The minimum Gasteiger partial charge on any atom is -0.370 e. The van der Waals surface area contributed by atoms with Gasteiger partial charge in [-0.1, -0.05) is 37.3 Å². The molecule has 3 N–H and O–H groups in total. The van der Waals surface area contributed by atoms with Crippen LogP contribution in [0.2, 0.25) is 0 Å². The summed E-state index contributed by atoms with van der Waals surface area (Å²) >= 11 is 1.77. The van der Waals surface area contributed by atoms with Crippen LogP contribution in [0.4, 0.5) is 0 Å². The lowest BCUT2D eigenvalue weighted by Gasteiger charge is -2.07. The molecular formula is C16H22IN3S. The van der Waals surface area contributed by atoms with E-state index in [0.717, 1.165) is 19.4 Å². The Bertz CT molecular complexity index is 552. The topological polar surface area (TPSA) is 50.4 Å².